The summed E-state index contributed by atoms with van der Waals surface area (Å²) in [5.41, 5.74) is 7.19. The Hall–Kier alpha value is -3.64. The van der Waals surface area contributed by atoms with E-state index in [1.807, 2.05) is 19.1 Å². The molecule has 0 saturated heterocycles. The summed E-state index contributed by atoms with van der Waals surface area (Å²) in [5.74, 6) is 3.04. The minimum atomic E-state index is -0.714. The molecule has 126 valence electrons. The van der Waals surface area contributed by atoms with Crippen molar-refractivity contribution < 1.29 is 9.53 Å². The molecular formula is C18H14BN5O2. The summed E-state index contributed by atoms with van der Waals surface area (Å²) in [4.78, 5) is 16.0. The van der Waals surface area contributed by atoms with Gasteiger partial charge < -0.3 is 0 Å². The molecule has 0 fully saturated rings. The van der Waals surface area contributed by atoms with E-state index in [1.165, 1.54) is 6.07 Å². The van der Waals surface area contributed by atoms with Crippen LogP contribution in [0.2, 0.25) is 0 Å². The van der Waals surface area contributed by atoms with E-state index in [0.717, 1.165) is 5.69 Å². The fourth-order valence-corrected chi connectivity index (χ4v) is 2.22. The first-order valence-electron chi connectivity index (χ1n) is 7.68. The van der Waals surface area contributed by atoms with Crippen LogP contribution in [-0.2, 0) is 0 Å². The molecule has 3 aromatic rings. The molecule has 3 rings (SSSR count). The molecule has 0 atom stereocenters. The summed E-state index contributed by atoms with van der Waals surface area (Å²) in [6, 6.07) is 14.0. The molecule has 8 heteroatoms. The second kappa shape index (κ2) is 7.50. The number of pyridine rings is 1. The van der Waals surface area contributed by atoms with Gasteiger partial charge in [0, 0.05) is 0 Å². The van der Waals surface area contributed by atoms with Crippen LogP contribution >= 0.6 is 0 Å². The Balaban J connectivity index is 1.93. The van der Waals surface area contributed by atoms with Crippen LogP contribution < -0.4 is 15.8 Å². The van der Waals surface area contributed by atoms with Crippen LogP contribution in [0.1, 0.15) is 21.7 Å². The van der Waals surface area contributed by atoms with Crippen molar-refractivity contribution in [3.63, 3.8) is 0 Å². The Morgan fingerprint density at radius 3 is 2.73 bits per heavy atom. The Labute approximate surface area is 151 Å². The van der Waals surface area contributed by atoms with E-state index in [-0.39, 0.29) is 11.6 Å². The van der Waals surface area contributed by atoms with Crippen LogP contribution in [-0.4, -0.2) is 28.4 Å². The molecule has 0 bridgehead atoms. The van der Waals surface area contributed by atoms with Gasteiger partial charge in [0.15, 0.2) is 0 Å². The maximum absolute atomic E-state index is 11.6. The van der Waals surface area contributed by atoms with Crippen molar-refractivity contribution in [3.8, 4) is 17.4 Å². The van der Waals surface area contributed by atoms with Crippen molar-refractivity contribution in [1.29, 1.82) is 0 Å². The topological polar surface area (TPSA) is 103 Å². The average Bonchev–Trinajstić information content (AvgIpc) is 2.62. The van der Waals surface area contributed by atoms with Gasteiger partial charge in [0.25, 0.3) is 0 Å². The molecule has 0 aliphatic carbocycles. The number of aromatic nitrogens is 3. The summed E-state index contributed by atoms with van der Waals surface area (Å²) in [6.07, 6.45) is 0. The zero-order valence-electron chi connectivity index (χ0n) is 13.9. The zero-order valence-corrected chi connectivity index (χ0v) is 13.9. The van der Waals surface area contributed by atoms with Crippen LogP contribution in [0.15, 0.2) is 48.5 Å². The zero-order chi connectivity index (χ0) is 18.5. The first-order valence-corrected chi connectivity index (χ1v) is 7.68. The van der Waals surface area contributed by atoms with Gasteiger partial charge >= 0.3 is 137 Å². The van der Waals surface area contributed by atoms with Gasteiger partial charge in [-0.2, -0.15) is 0 Å². The van der Waals surface area contributed by atoms with Crippen molar-refractivity contribution in [2.24, 2.45) is 5.73 Å². The molecule has 2 heterocycles. The van der Waals surface area contributed by atoms with Crippen LogP contribution in [0.5, 0.6) is 11.6 Å². The molecule has 2 aromatic heterocycles. The number of benzene rings is 1. The molecule has 26 heavy (non-hydrogen) atoms. The summed E-state index contributed by atoms with van der Waals surface area (Å²) in [6.45, 7) is 1.86. The third-order valence-corrected chi connectivity index (χ3v) is 3.38. The molecule has 1 amide bonds. The van der Waals surface area contributed by atoms with Gasteiger partial charge in [0.2, 0.25) is 0 Å². The molecular weight excluding hydrogens is 329 g/mol. The number of carbonyl (C=O) groups is 1. The van der Waals surface area contributed by atoms with Gasteiger partial charge in [-0.15, -0.1) is 0 Å². The Morgan fingerprint density at radius 1 is 1.19 bits per heavy atom. The number of ether oxygens (including phenoxy) is 1. The third kappa shape index (κ3) is 4.06. The van der Waals surface area contributed by atoms with Crippen molar-refractivity contribution in [1.82, 2.24) is 15.2 Å². The molecule has 0 radical (unpaired) electrons. The minimum absolute atomic E-state index is 0.0157. The SMILES string of the molecule is B#Cc1cccc(Oc2cc(Nc3cccc(C)n3)c(C(N)=O)nn2)c1. The van der Waals surface area contributed by atoms with Crippen LogP contribution in [0, 0.1) is 12.7 Å². The normalized spacial score (nSPS) is 10.1. The first-order chi connectivity index (χ1) is 12.5. The number of aryl methyl sites for hydroxylation is 1. The number of nitrogens with one attached hydrogen (secondary N) is 1. The van der Waals surface area contributed by atoms with Gasteiger partial charge in [0.05, 0.1) is 0 Å². The van der Waals surface area contributed by atoms with Crippen molar-refractivity contribution >= 4 is 24.7 Å². The van der Waals surface area contributed by atoms with E-state index >= 15 is 0 Å². The first kappa shape index (κ1) is 17.2. The monoisotopic (exact) mass is 343 g/mol. The van der Waals surface area contributed by atoms with E-state index in [2.05, 4.69) is 26.3 Å². The fourth-order valence-electron chi connectivity index (χ4n) is 2.22. The van der Waals surface area contributed by atoms with E-state index in [0.29, 0.717) is 22.8 Å². The van der Waals surface area contributed by atoms with Crippen LogP contribution in [0.25, 0.3) is 0 Å². The Bertz CT molecular complexity index is 1020. The average molecular weight is 343 g/mol. The molecule has 1 aromatic carbocycles. The van der Waals surface area contributed by atoms with Crippen molar-refractivity contribution in [3.05, 3.63) is 65.5 Å². The predicted molar refractivity (Wildman–Crippen MR) is 98.1 cm³/mol. The van der Waals surface area contributed by atoms with Gasteiger partial charge in [-0.1, -0.05) is 0 Å². The van der Waals surface area contributed by atoms with E-state index < -0.39 is 5.91 Å². The second-order valence-corrected chi connectivity index (χ2v) is 5.37. The number of nitrogens with zero attached hydrogens (tertiary/aromatic N) is 3. The molecule has 0 unspecified atom stereocenters. The maximum atomic E-state index is 11.6. The number of hydrogen-bond acceptors (Lipinski definition) is 6. The summed E-state index contributed by atoms with van der Waals surface area (Å²) < 4.78 is 5.68. The van der Waals surface area contributed by atoms with Crippen LogP contribution in [0.4, 0.5) is 11.5 Å². The van der Waals surface area contributed by atoms with Gasteiger partial charge in [-0.25, -0.2) is 0 Å². The third-order valence-electron chi connectivity index (χ3n) is 3.38. The van der Waals surface area contributed by atoms with Crippen molar-refractivity contribution in [2.45, 2.75) is 6.92 Å². The van der Waals surface area contributed by atoms with Gasteiger partial charge in [-0.3, -0.25) is 0 Å². The van der Waals surface area contributed by atoms with Gasteiger partial charge in [-0.05, 0) is 13.0 Å². The number of anilines is 2. The van der Waals surface area contributed by atoms with E-state index in [4.69, 9.17) is 17.8 Å². The standard InChI is InChI=1S/C18H14BN5O2/c1-11-4-2-7-15(21-11)22-14-9-16(23-24-17(14)18(20)25)26-13-6-3-5-12(8-13)10-19/h2-9H,1H3,(H2,20,25)(H,21,22,23). The number of rotatable bonds is 5. The molecule has 7 nitrogen and oxygen atoms in total. The van der Waals surface area contributed by atoms with Crippen molar-refractivity contribution in [2.75, 3.05) is 5.32 Å². The molecule has 0 spiro atoms. The van der Waals surface area contributed by atoms with Gasteiger partial charge in [0.1, 0.15) is 0 Å². The molecule has 0 aliphatic rings. The quantitative estimate of drug-likeness (QED) is 0.689. The van der Waals surface area contributed by atoms with Crippen LogP contribution in [0.3, 0.4) is 0 Å². The number of amides is 1. The molecule has 0 saturated carbocycles. The summed E-state index contributed by atoms with van der Waals surface area (Å²) in [7, 11) is 5.39. The van der Waals surface area contributed by atoms with E-state index in [9.17, 15) is 4.79 Å². The number of primary amides is 1. The second-order valence-electron chi connectivity index (χ2n) is 5.37. The number of carbonyl (C=O) groups excluding carboxylic acids is 1. The fraction of sp³-hybridized carbons (Fsp3) is 0.0556. The summed E-state index contributed by atoms with van der Waals surface area (Å²) in [5, 5.41) is 10.8. The Kier molecular flexibility index (Phi) is 4.96. The molecule has 3 N–H and O–H groups in total. The summed E-state index contributed by atoms with van der Waals surface area (Å²) >= 11 is 0. The molecule has 0 aliphatic heterocycles. The predicted octanol–water partition coefficient (Wildman–Crippen LogP) is 2.29. The Morgan fingerprint density at radius 2 is 2.00 bits per heavy atom. The van der Waals surface area contributed by atoms with E-state index in [1.54, 1.807) is 30.3 Å². The number of hydrogen-bond donors (Lipinski definition) is 2. The number of nitrogens with two attached hydrogens (primary N) is 1.